The van der Waals surface area contributed by atoms with Crippen LogP contribution < -0.4 is 0 Å². The fourth-order valence-corrected chi connectivity index (χ4v) is 0.902. The Hall–Kier alpha value is -1.25. The summed E-state index contributed by atoms with van der Waals surface area (Å²) >= 11 is 1.76. The van der Waals surface area contributed by atoms with E-state index in [1.54, 1.807) is 22.6 Å². The largest absolute Gasteiger partial charge is 0.294 e. The van der Waals surface area contributed by atoms with Crippen molar-refractivity contribution in [3.05, 3.63) is 16.0 Å². The minimum atomic E-state index is -1.16. The van der Waals surface area contributed by atoms with E-state index in [4.69, 9.17) is 0 Å². The molecule has 0 N–H and O–H groups in total. The van der Waals surface area contributed by atoms with E-state index in [1.165, 1.54) is 0 Å². The van der Waals surface area contributed by atoms with Gasteiger partial charge in [-0.25, -0.2) is 9.97 Å². The zero-order valence-corrected chi connectivity index (χ0v) is 8.26. The van der Waals surface area contributed by atoms with Crippen molar-refractivity contribution in [3.8, 4) is 0 Å². The van der Waals surface area contributed by atoms with Crippen LogP contribution in [-0.4, -0.2) is 32.8 Å². The number of rotatable bonds is 3. The lowest BCUT2D eigenvalue weighted by Gasteiger charge is -1.92. The van der Waals surface area contributed by atoms with Crippen LogP contribution in [0.5, 0.6) is 0 Å². The highest BCUT2D eigenvalue weighted by Crippen LogP contribution is 1.96. The highest BCUT2D eigenvalue weighted by molar-refractivity contribution is 14.1. The van der Waals surface area contributed by atoms with Crippen molar-refractivity contribution in [3.63, 3.8) is 0 Å². The Morgan fingerprint density at radius 3 is 2.62 bits per heavy atom. The Morgan fingerprint density at radius 1 is 1.38 bits per heavy atom. The van der Waals surface area contributed by atoms with Gasteiger partial charge in [0.1, 0.15) is 6.33 Å². The van der Waals surface area contributed by atoms with Gasteiger partial charge in [0, 0.05) is 22.6 Å². The first-order valence-corrected chi connectivity index (χ1v) is 4.11. The zero-order chi connectivity index (χ0) is 9.84. The lowest BCUT2D eigenvalue weighted by molar-refractivity contribution is -0.126. The predicted octanol–water partition coefficient (Wildman–Crippen LogP) is -0.573. The van der Waals surface area contributed by atoms with Gasteiger partial charge in [-0.2, -0.15) is 4.98 Å². The third-order valence-corrected chi connectivity index (χ3v) is 1.60. The maximum Gasteiger partial charge on any atom is 0.273 e. The molecule has 7 heteroatoms. The summed E-state index contributed by atoms with van der Waals surface area (Å²) in [6, 6.07) is 0. The minimum absolute atomic E-state index is 0.0704. The maximum atomic E-state index is 11.0. The first-order chi connectivity index (χ1) is 6.15. The predicted molar refractivity (Wildman–Crippen MR) is 47.9 cm³/mol. The van der Waals surface area contributed by atoms with Crippen LogP contribution in [0.1, 0.15) is 10.6 Å². The van der Waals surface area contributed by atoms with E-state index in [0.29, 0.717) is 0 Å². The number of halogens is 1. The third kappa shape index (κ3) is 2.34. The summed E-state index contributed by atoms with van der Waals surface area (Å²) in [5, 5.41) is 0. The van der Waals surface area contributed by atoms with Gasteiger partial charge < -0.3 is 0 Å². The molecule has 13 heavy (non-hydrogen) atoms. The van der Waals surface area contributed by atoms with Crippen molar-refractivity contribution < 1.29 is 14.4 Å². The molecule has 0 amide bonds. The summed E-state index contributed by atoms with van der Waals surface area (Å²) < 4.78 is 0.287. The molecule has 1 heterocycles. The standard InChI is InChI=1S/C6H2IN3O3/c7-6-9-2-8-5(10-6)4(13)3(12)1-11/h1-2H. The second kappa shape index (κ2) is 4.12. The van der Waals surface area contributed by atoms with Gasteiger partial charge in [-0.15, -0.1) is 0 Å². The van der Waals surface area contributed by atoms with E-state index in [-0.39, 0.29) is 15.9 Å². The topological polar surface area (TPSA) is 89.9 Å². The normalized spacial score (nSPS) is 9.31. The summed E-state index contributed by atoms with van der Waals surface area (Å²) in [5.74, 6) is -2.49. The van der Waals surface area contributed by atoms with E-state index in [2.05, 4.69) is 15.0 Å². The fourth-order valence-electron chi connectivity index (χ4n) is 0.549. The van der Waals surface area contributed by atoms with Gasteiger partial charge in [0.2, 0.25) is 5.82 Å². The molecule has 0 unspecified atom stereocenters. The maximum absolute atomic E-state index is 11.0. The molecule has 0 atom stereocenters. The summed E-state index contributed by atoms with van der Waals surface area (Å²) in [6.07, 6.45) is 1.03. The molecule has 1 aromatic rings. The molecule has 0 aliphatic heterocycles. The van der Waals surface area contributed by atoms with Gasteiger partial charge >= 0.3 is 0 Å². The van der Waals surface area contributed by atoms with E-state index < -0.39 is 11.6 Å². The SMILES string of the molecule is O=CC(=O)C(=O)c1ncnc(I)n1. The van der Waals surface area contributed by atoms with E-state index in [0.717, 1.165) is 6.33 Å². The quantitative estimate of drug-likeness (QED) is 0.243. The lowest BCUT2D eigenvalue weighted by atomic mass is 10.3. The molecule has 0 saturated heterocycles. The summed E-state index contributed by atoms with van der Waals surface area (Å²) in [4.78, 5) is 42.2. The Kier molecular flexibility index (Phi) is 3.12. The molecule has 66 valence electrons. The van der Waals surface area contributed by atoms with Gasteiger partial charge in [-0.1, -0.05) is 0 Å². The highest BCUT2D eigenvalue weighted by Gasteiger charge is 2.18. The van der Waals surface area contributed by atoms with Crippen LogP contribution >= 0.6 is 22.6 Å². The number of nitrogens with zero attached hydrogens (tertiary/aromatic N) is 3. The molecule has 0 aliphatic rings. The molecule has 0 radical (unpaired) electrons. The molecular formula is C6H2IN3O3. The van der Waals surface area contributed by atoms with Crippen molar-refractivity contribution in [2.45, 2.75) is 0 Å². The molecule has 0 saturated carbocycles. The molecule has 0 aliphatic carbocycles. The van der Waals surface area contributed by atoms with E-state index in [9.17, 15) is 14.4 Å². The van der Waals surface area contributed by atoms with Crippen molar-refractivity contribution in [2.24, 2.45) is 0 Å². The highest BCUT2D eigenvalue weighted by atomic mass is 127. The number of carbonyl (C=O) groups is 3. The molecule has 0 spiro atoms. The van der Waals surface area contributed by atoms with Crippen molar-refractivity contribution in [2.75, 3.05) is 0 Å². The third-order valence-electron chi connectivity index (χ3n) is 1.08. The Balaban J connectivity index is 3.02. The van der Waals surface area contributed by atoms with E-state index >= 15 is 0 Å². The Bertz CT molecular complexity index is 379. The monoisotopic (exact) mass is 291 g/mol. The first kappa shape index (κ1) is 9.84. The van der Waals surface area contributed by atoms with Crippen LogP contribution in [0.2, 0.25) is 0 Å². The second-order valence-electron chi connectivity index (χ2n) is 1.89. The second-order valence-corrected chi connectivity index (χ2v) is 2.85. The van der Waals surface area contributed by atoms with Crippen LogP contribution in [0.3, 0.4) is 0 Å². The minimum Gasteiger partial charge on any atom is -0.294 e. The molecular weight excluding hydrogens is 289 g/mol. The summed E-state index contributed by atoms with van der Waals surface area (Å²) in [5.41, 5.74) is 0. The van der Waals surface area contributed by atoms with Gasteiger partial charge in [0.25, 0.3) is 11.6 Å². The van der Waals surface area contributed by atoms with Gasteiger partial charge in [-0.3, -0.25) is 14.4 Å². The zero-order valence-electron chi connectivity index (χ0n) is 6.10. The average molecular weight is 291 g/mol. The molecule has 1 aromatic heterocycles. The van der Waals surface area contributed by atoms with E-state index in [1.807, 2.05) is 0 Å². The lowest BCUT2D eigenvalue weighted by Crippen LogP contribution is -2.18. The number of aldehydes is 1. The van der Waals surface area contributed by atoms with Gasteiger partial charge in [0.15, 0.2) is 10.1 Å². The summed E-state index contributed by atoms with van der Waals surface area (Å²) in [6.45, 7) is 0. The van der Waals surface area contributed by atoms with Crippen molar-refractivity contribution >= 4 is 40.4 Å². The van der Waals surface area contributed by atoms with Crippen LogP contribution in [0, 0.1) is 3.83 Å². The number of Topliss-reactive ketones (excluding diaryl/α,β-unsaturated/α-hetero) is 2. The van der Waals surface area contributed by atoms with Crippen LogP contribution in [0.4, 0.5) is 0 Å². The Labute approximate surface area is 85.9 Å². The van der Waals surface area contributed by atoms with Crippen LogP contribution in [0.25, 0.3) is 0 Å². The van der Waals surface area contributed by atoms with Crippen molar-refractivity contribution in [1.82, 2.24) is 15.0 Å². The Morgan fingerprint density at radius 2 is 2.08 bits per heavy atom. The number of hydrogen-bond acceptors (Lipinski definition) is 6. The molecule has 1 rings (SSSR count). The van der Waals surface area contributed by atoms with Crippen molar-refractivity contribution in [1.29, 1.82) is 0 Å². The number of hydrogen-bond donors (Lipinski definition) is 0. The average Bonchev–Trinajstić information content (AvgIpc) is 2.15. The molecule has 0 fully saturated rings. The van der Waals surface area contributed by atoms with Gasteiger partial charge in [0.05, 0.1) is 0 Å². The molecule has 0 bridgehead atoms. The molecule has 6 nitrogen and oxygen atoms in total. The number of carbonyl (C=O) groups excluding carboxylic acids is 3. The fraction of sp³-hybridized carbons (Fsp3) is 0. The smallest absolute Gasteiger partial charge is 0.273 e. The summed E-state index contributed by atoms with van der Waals surface area (Å²) in [7, 11) is 0. The number of aromatic nitrogens is 3. The molecule has 0 aromatic carbocycles. The van der Waals surface area contributed by atoms with Gasteiger partial charge in [-0.05, 0) is 0 Å². The van der Waals surface area contributed by atoms with Crippen LogP contribution in [0.15, 0.2) is 6.33 Å². The van der Waals surface area contributed by atoms with Crippen LogP contribution in [-0.2, 0) is 9.59 Å². The number of ketones is 2. The first-order valence-electron chi connectivity index (χ1n) is 3.03.